The average Bonchev–Trinajstić information content (AvgIpc) is 2.72. The number of hydrogen-bond acceptors (Lipinski definition) is 5. The lowest BCUT2D eigenvalue weighted by molar-refractivity contribution is -0.896. The maximum absolute atomic E-state index is 12.7. The summed E-state index contributed by atoms with van der Waals surface area (Å²) in [5, 5.41) is 5.01. The first-order chi connectivity index (χ1) is 13.9. The van der Waals surface area contributed by atoms with Crippen molar-refractivity contribution in [1.82, 2.24) is 15.5 Å². The summed E-state index contributed by atoms with van der Waals surface area (Å²) in [4.78, 5) is 39.2. The van der Waals surface area contributed by atoms with Crippen LogP contribution in [0.4, 0.5) is 4.79 Å². The molecule has 9 nitrogen and oxygen atoms in total. The molecule has 2 heterocycles. The highest BCUT2D eigenvalue weighted by molar-refractivity contribution is 5.94. The highest BCUT2D eigenvalue weighted by atomic mass is 16.6. The van der Waals surface area contributed by atoms with Crippen molar-refractivity contribution in [3.05, 3.63) is 24.3 Å². The molecular weight excluding hydrogens is 376 g/mol. The number of benzene rings is 1. The van der Waals surface area contributed by atoms with Gasteiger partial charge in [0.25, 0.3) is 11.8 Å². The number of quaternary nitrogens is 1. The van der Waals surface area contributed by atoms with Gasteiger partial charge in [0, 0.05) is 6.54 Å². The molecule has 0 spiro atoms. The second-order valence-electron chi connectivity index (χ2n) is 7.77. The van der Waals surface area contributed by atoms with Gasteiger partial charge in [-0.2, -0.15) is 0 Å². The third-order valence-electron chi connectivity index (χ3n) is 4.90. The quantitative estimate of drug-likeness (QED) is 0.586. The van der Waals surface area contributed by atoms with Crippen molar-refractivity contribution in [2.75, 3.05) is 45.9 Å². The van der Waals surface area contributed by atoms with Crippen LogP contribution in [0.25, 0.3) is 0 Å². The molecule has 0 radical (unpaired) electrons. The lowest BCUT2D eigenvalue weighted by Crippen LogP contribution is -3.16. The molecule has 0 bridgehead atoms. The van der Waals surface area contributed by atoms with Gasteiger partial charge in [-0.3, -0.25) is 14.9 Å². The number of fused-ring (bicyclic) bond motifs is 1. The van der Waals surface area contributed by atoms with Crippen LogP contribution in [0.3, 0.4) is 0 Å². The van der Waals surface area contributed by atoms with E-state index in [4.69, 9.17) is 9.47 Å². The Morgan fingerprint density at radius 2 is 1.86 bits per heavy atom. The molecule has 0 aliphatic carbocycles. The predicted molar refractivity (Wildman–Crippen MR) is 105 cm³/mol. The zero-order valence-electron chi connectivity index (χ0n) is 16.9. The van der Waals surface area contributed by atoms with Crippen molar-refractivity contribution in [2.24, 2.45) is 5.92 Å². The molecule has 1 aromatic carbocycles. The van der Waals surface area contributed by atoms with Crippen LogP contribution in [0.15, 0.2) is 24.3 Å². The molecule has 1 atom stereocenters. The lowest BCUT2D eigenvalue weighted by atomic mass is 10.2. The van der Waals surface area contributed by atoms with Gasteiger partial charge in [0.05, 0.1) is 26.2 Å². The SMILES string of the molecule is CC(C)CNC(=O)NC(=O)C[NH+]1CCN(C(=O)[C@@H]2COc3ccccc3O2)CC1. The molecule has 0 unspecified atom stereocenters. The number of nitrogens with one attached hydrogen (secondary N) is 3. The zero-order chi connectivity index (χ0) is 20.8. The van der Waals surface area contributed by atoms with E-state index in [0.717, 1.165) is 4.90 Å². The molecule has 0 aromatic heterocycles. The lowest BCUT2D eigenvalue weighted by Gasteiger charge is -2.35. The fourth-order valence-electron chi connectivity index (χ4n) is 3.30. The Morgan fingerprint density at radius 1 is 1.17 bits per heavy atom. The minimum atomic E-state index is -0.653. The molecule has 158 valence electrons. The number of nitrogens with zero attached hydrogens (tertiary/aromatic N) is 1. The van der Waals surface area contributed by atoms with E-state index < -0.39 is 12.1 Å². The van der Waals surface area contributed by atoms with E-state index in [2.05, 4.69) is 10.6 Å². The molecule has 1 fully saturated rings. The highest BCUT2D eigenvalue weighted by Gasteiger charge is 2.34. The van der Waals surface area contributed by atoms with E-state index in [1.807, 2.05) is 32.0 Å². The van der Waals surface area contributed by atoms with E-state index in [9.17, 15) is 14.4 Å². The number of amides is 4. The fraction of sp³-hybridized carbons (Fsp3) is 0.550. The van der Waals surface area contributed by atoms with E-state index in [-0.39, 0.29) is 25.0 Å². The number of para-hydroxylation sites is 2. The first-order valence-electron chi connectivity index (χ1n) is 10.0. The number of urea groups is 1. The monoisotopic (exact) mass is 405 g/mol. The molecule has 9 heteroatoms. The normalized spacial score (nSPS) is 19.0. The van der Waals surface area contributed by atoms with Gasteiger partial charge in [-0.25, -0.2) is 4.79 Å². The molecule has 2 aliphatic rings. The van der Waals surface area contributed by atoms with Crippen LogP contribution >= 0.6 is 0 Å². The fourth-order valence-corrected chi connectivity index (χ4v) is 3.30. The Labute approximate surface area is 170 Å². The van der Waals surface area contributed by atoms with Gasteiger partial charge in [-0.05, 0) is 18.1 Å². The first kappa shape index (κ1) is 20.9. The second-order valence-corrected chi connectivity index (χ2v) is 7.77. The number of carbonyl (C=O) groups excluding carboxylic acids is 3. The molecule has 1 aromatic rings. The Balaban J connectivity index is 1.40. The zero-order valence-corrected chi connectivity index (χ0v) is 16.9. The molecule has 3 rings (SSSR count). The van der Waals surface area contributed by atoms with Crippen LogP contribution in [-0.4, -0.2) is 74.7 Å². The Bertz CT molecular complexity index is 746. The van der Waals surface area contributed by atoms with Crippen LogP contribution in [-0.2, 0) is 9.59 Å². The number of rotatable bonds is 5. The van der Waals surface area contributed by atoms with Gasteiger partial charge < -0.3 is 24.6 Å². The summed E-state index contributed by atoms with van der Waals surface area (Å²) in [6.45, 7) is 7.21. The smallest absolute Gasteiger partial charge is 0.321 e. The van der Waals surface area contributed by atoms with Crippen molar-refractivity contribution in [3.63, 3.8) is 0 Å². The average molecular weight is 405 g/mol. The number of carbonyl (C=O) groups is 3. The Hall–Kier alpha value is -2.81. The summed E-state index contributed by atoms with van der Waals surface area (Å²) >= 11 is 0. The maximum atomic E-state index is 12.7. The number of piperazine rings is 1. The number of hydrogen-bond donors (Lipinski definition) is 3. The minimum Gasteiger partial charge on any atom is -0.485 e. The van der Waals surface area contributed by atoms with Crippen LogP contribution in [0.5, 0.6) is 11.5 Å². The van der Waals surface area contributed by atoms with E-state index in [0.29, 0.717) is 50.1 Å². The summed E-state index contributed by atoms with van der Waals surface area (Å²) in [5.74, 6) is 1.12. The Kier molecular flexibility index (Phi) is 6.92. The van der Waals surface area contributed by atoms with Gasteiger partial charge in [-0.15, -0.1) is 0 Å². The van der Waals surface area contributed by atoms with Gasteiger partial charge in [0.15, 0.2) is 18.0 Å². The van der Waals surface area contributed by atoms with E-state index in [1.165, 1.54) is 0 Å². The summed E-state index contributed by atoms with van der Waals surface area (Å²) in [7, 11) is 0. The summed E-state index contributed by atoms with van der Waals surface area (Å²) in [5.41, 5.74) is 0. The number of ether oxygens (including phenoxy) is 2. The number of imide groups is 1. The first-order valence-corrected chi connectivity index (χ1v) is 10.0. The topological polar surface area (TPSA) is 101 Å². The van der Waals surface area contributed by atoms with Gasteiger partial charge in [0.1, 0.15) is 6.61 Å². The summed E-state index contributed by atoms with van der Waals surface area (Å²) < 4.78 is 11.4. The second kappa shape index (κ2) is 9.60. The van der Waals surface area contributed by atoms with Gasteiger partial charge in [-0.1, -0.05) is 26.0 Å². The predicted octanol–water partition coefficient (Wildman–Crippen LogP) is -0.965. The third-order valence-corrected chi connectivity index (χ3v) is 4.90. The Morgan fingerprint density at radius 3 is 2.55 bits per heavy atom. The van der Waals surface area contributed by atoms with Crippen LogP contribution in [0, 0.1) is 5.92 Å². The molecule has 29 heavy (non-hydrogen) atoms. The van der Waals surface area contributed by atoms with Crippen molar-refractivity contribution in [2.45, 2.75) is 20.0 Å². The largest absolute Gasteiger partial charge is 0.485 e. The van der Waals surface area contributed by atoms with Crippen molar-refractivity contribution in [1.29, 1.82) is 0 Å². The van der Waals surface area contributed by atoms with Crippen LogP contribution < -0.4 is 25.0 Å². The summed E-state index contributed by atoms with van der Waals surface area (Å²) in [6.07, 6.45) is -0.653. The molecule has 4 amide bonds. The molecular formula is C20H29N4O5+. The van der Waals surface area contributed by atoms with Crippen LogP contribution in [0.2, 0.25) is 0 Å². The maximum Gasteiger partial charge on any atom is 0.321 e. The molecule has 3 N–H and O–H groups in total. The van der Waals surface area contributed by atoms with Crippen molar-refractivity contribution >= 4 is 17.8 Å². The third kappa shape index (κ3) is 5.83. The van der Waals surface area contributed by atoms with E-state index >= 15 is 0 Å². The molecule has 2 aliphatic heterocycles. The van der Waals surface area contributed by atoms with Crippen LogP contribution in [0.1, 0.15) is 13.8 Å². The summed E-state index contributed by atoms with van der Waals surface area (Å²) in [6, 6.07) is 6.83. The molecule has 1 saturated heterocycles. The van der Waals surface area contributed by atoms with Gasteiger partial charge >= 0.3 is 6.03 Å². The molecule has 0 saturated carbocycles. The standard InChI is InChI=1S/C20H28N4O5/c1-14(2)11-21-20(27)22-18(25)12-23-7-9-24(10-8-23)19(26)17-13-28-15-5-3-4-6-16(15)29-17/h3-6,14,17H,7-13H2,1-2H3,(H2,21,22,25,27)/p+1/t17-/m0/s1. The van der Waals surface area contributed by atoms with E-state index in [1.54, 1.807) is 11.0 Å². The minimum absolute atomic E-state index is 0.101. The van der Waals surface area contributed by atoms with Gasteiger partial charge in [0.2, 0.25) is 6.10 Å². The highest BCUT2D eigenvalue weighted by Crippen LogP contribution is 2.31. The van der Waals surface area contributed by atoms with Crippen molar-refractivity contribution in [3.8, 4) is 11.5 Å². The van der Waals surface area contributed by atoms with Crippen molar-refractivity contribution < 1.29 is 28.8 Å².